The maximum Gasteiger partial charge on any atom is 0.339 e. The van der Waals surface area contributed by atoms with Gasteiger partial charge in [0, 0.05) is 49.8 Å². The van der Waals surface area contributed by atoms with E-state index in [2.05, 4.69) is 19.6 Å². The third-order valence-electron chi connectivity index (χ3n) is 8.17. The predicted molar refractivity (Wildman–Crippen MR) is 172 cm³/mol. The Morgan fingerprint density at radius 1 is 1.00 bits per heavy atom. The topological polar surface area (TPSA) is 121 Å². The highest BCUT2D eigenvalue weighted by molar-refractivity contribution is 7.92. The van der Waals surface area contributed by atoms with Crippen molar-refractivity contribution < 1.29 is 22.7 Å². The number of hydrogen-bond donors (Lipinski definition) is 1. The van der Waals surface area contributed by atoms with E-state index in [-0.39, 0.29) is 10.8 Å². The number of esters is 1. The van der Waals surface area contributed by atoms with E-state index in [1.54, 1.807) is 73.6 Å². The number of piperazine rings is 1. The Morgan fingerprint density at radius 3 is 2.41 bits per heavy atom. The molecule has 1 aliphatic heterocycles. The van der Waals surface area contributed by atoms with Gasteiger partial charge in [-0.25, -0.2) is 13.2 Å². The summed E-state index contributed by atoms with van der Waals surface area (Å²) in [5.41, 5.74) is 3.53. The van der Waals surface area contributed by atoms with Crippen LogP contribution in [0.25, 0.3) is 0 Å². The fourth-order valence-corrected chi connectivity index (χ4v) is 7.17. The van der Waals surface area contributed by atoms with Gasteiger partial charge in [0.1, 0.15) is 4.90 Å². The first-order valence-electron chi connectivity index (χ1n) is 15.2. The van der Waals surface area contributed by atoms with Crippen molar-refractivity contribution in [1.82, 2.24) is 9.88 Å². The van der Waals surface area contributed by atoms with Gasteiger partial charge in [0.05, 0.1) is 29.7 Å². The minimum atomic E-state index is -3.92. The van der Waals surface area contributed by atoms with Crippen LogP contribution in [0.3, 0.4) is 0 Å². The molecular weight excluding hydrogens is 578 g/mol. The van der Waals surface area contributed by atoms with Crippen LogP contribution in [-0.2, 0) is 14.8 Å². The third kappa shape index (κ3) is 7.10. The lowest BCUT2D eigenvalue weighted by Crippen LogP contribution is -2.48. The van der Waals surface area contributed by atoms with E-state index in [1.165, 1.54) is 12.6 Å². The Kier molecular flexibility index (Phi) is 9.94. The van der Waals surface area contributed by atoms with Gasteiger partial charge < -0.3 is 14.5 Å². The summed E-state index contributed by atoms with van der Waals surface area (Å²) in [4.78, 5) is 38.0. The van der Waals surface area contributed by atoms with E-state index in [1.807, 2.05) is 6.07 Å². The van der Waals surface area contributed by atoms with Crippen molar-refractivity contribution in [3.8, 4) is 0 Å². The van der Waals surface area contributed by atoms with E-state index in [4.69, 9.17) is 4.74 Å². The lowest BCUT2D eigenvalue weighted by atomic mass is 9.83. The van der Waals surface area contributed by atoms with Crippen LogP contribution in [0.1, 0.15) is 78.1 Å². The molecule has 1 aromatic heterocycles. The number of aliphatic imine (C=N–C) groups is 1. The van der Waals surface area contributed by atoms with Gasteiger partial charge in [0.15, 0.2) is 0 Å². The second kappa shape index (κ2) is 14.0. The molecule has 1 N–H and O–H groups in total. The Labute approximate surface area is 259 Å². The number of pyridine rings is 1. The van der Waals surface area contributed by atoms with Crippen LogP contribution < -0.4 is 9.62 Å². The molecule has 44 heavy (non-hydrogen) atoms. The molecule has 0 radical (unpaired) electrons. The highest BCUT2D eigenvalue weighted by atomic mass is 32.2. The van der Waals surface area contributed by atoms with E-state index >= 15 is 0 Å². The number of anilines is 2. The molecule has 10 nitrogen and oxygen atoms in total. The zero-order chi connectivity index (χ0) is 31.1. The minimum Gasteiger partial charge on any atom is -0.462 e. The van der Waals surface area contributed by atoms with Crippen molar-refractivity contribution in [2.24, 2.45) is 4.99 Å². The molecular formula is C33H39N5O5S. The molecule has 1 amide bonds. The van der Waals surface area contributed by atoms with E-state index in [0.717, 1.165) is 36.9 Å². The molecule has 0 spiro atoms. The second-order valence-corrected chi connectivity index (χ2v) is 12.7. The summed E-state index contributed by atoms with van der Waals surface area (Å²) >= 11 is 0. The van der Waals surface area contributed by atoms with Crippen molar-refractivity contribution >= 4 is 45.2 Å². The lowest BCUT2D eigenvalue weighted by molar-refractivity contribution is 0.0525. The average Bonchev–Trinajstić information content (AvgIpc) is 3.05. The number of nitrogens with one attached hydrogen (secondary N) is 1. The predicted octanol–water partition coefficient (Wildman–Crippen LogP) is 5.79. The zero-order valence-electron chi connectivity index (χ0n) is 25.2. The molecule has 0 unspecified atom stereocenters. The number of hydrogen-bond acceptors (Lipinski definition) is 8. The largest absolute Gasteiger partial charge is 0.462 e. The molecule has 1 saturated heterocycles. The summed E-state index contributed by atoms with van der Waals surface area (Å²) in [6.07, 6.45) is 10.4. The first-order chi connectivity index (χ1) is 21.3. The molecule has 0 bridgehead atoms. The number of para-hydroxylation sites is 1. The van der Waals surface area contributed by atoms with Crippen LogP contribution in [0.4, 0.5) is 17.1 Å². The smallest absolute Gasteiger partial charge is 0.339 e. The molecule has 11 heteroatoms. The summed E-state index contributed by atoms with van der Waals surface area (Å²) in [7, 11) is -3.92. The van der Waals surface area contributed by atoms with Crippen molar-refractivity contribution in [3.05, 3.63) is 77.6 Å². The van der Waals surface area contributed by atoms with Crippen LogP contribution in [0.2, 0.25) is 0 Å². The Balaban J connectivity index is 1.24. The van der Waals surface area contributed by atoms with Gasteiger partial charge >= 0.3 is 5.97 Å². The van der Waals surface area contributed by atoms with E-state index < -0.39 is 16.0 Å². The molecule has 0 atom stereocenters. The number of sulfonamides is 1. The number of carbonyl (C=O) groups excluding carboxylic acids is 2. The quantitative estimate of drug-likeness (QED) is 0.238. The van der Waals surface area contributed by atoms with Crippen molar-refractivity contribution in [3.63, 3.8) is 0 Å². The van der Waals surface area contributed by atoms with E-state index in [9.17, 15) is 18.0 Å². The van der Waals surface area contributed by atoms with E-state index in [0.29, 0.717) is 61.2 Å². The number of rotatable bonds is 9. The van der Waals surface area contributed by atoms with Crippen molar-refractivity contribution in [1.29, 1.82) is 0 Å². The lowest BCUT2D eigenvalue weighted by Gasteiger charge is -2.36. The molecule has 2 heterocycles. The zero-order valence-corrected chi connectivity index (χ0v) is 26.1. The molecule has 2 aliphatic rings. The van der Waals surface area contributed by atoms with Crippen LogP contribution in [0.5, 0.6) is 0 Å². The summed E-state index contributed by atoms with van der Waals surface area (Å²) < 4.78 is 34.8. The summed E-state index contributed by atoms with van der Waals surface area (Å²) in [5, 5.41) is 0. The van der Waals surface area contributed by atoms with Crippen LogP contribution >= 0.6 is 0 Å². The van der Waals surface area contributed by atoms with Gasteiger partial charge in [-0.05, 0) is 74.6 Å². The van der Waals surface area contributed by atoms with Crippen molar-refractivity contribution in [2.75, 3.05) is 42.4 Å². The maximum atomic E-state index is 13.5. The first-order valence-corrected chi connectivity index (χ1v) is 16.7. The summed E-state index contributed by atoms with van der Waals surface area (Å²) in [6, 6.07) is 13.6. The van der Waals surface area contributed by atoms with Gasteiger partial charge in [-0.15, -0.1) is 0 Å². The van der Waals surface area contributed by atoms with Gasteiger partial charge in [-0.2, -0.15) is 0 Å². The fraction of sp³-hybridized carbons (Fsp3) is 0.394. The SMILES string of the molecule is CC=Nc1c(C2CCCCC2)cccc1S(=O)(=O)Nc1ccc(C(=O)N2CCN(c3cncc(C(=O)OCC)c3)CC2)cc1. The molecule has 2 fully saturated rings. The average molecular weight is 618 g/mol. The monoisotopic (exact) mass is 617 g/mol. The highest BCUT2D eigenvalue weighted by Gasteiger charge is 2.26. The molecule has 5 rings (SSSR count). The second-order valence-electron chi connectivity index (χ2n) is 11.0. The number of benzene rings is 2. The molecule has 232 valence electrons. The molecule has 1 saturated carbocycles. The van der Waals surface area contributed by atoms with Crippen LogP contribution in [0, 0.1) is 0 Å². The van der Waals surface area contributed by atoms with Crippen LogP contribution in [0.15, 0.2) is 70.8 Å². The van der Waals surface area contributed by atoms with Crippen LogP contribution in [-0.4, -0.2) is 69.2 Å². The number of ether oxygens (including phenoxy) is 1. The maximum absolute atomic E-state index is 13.5. The Hall–Kier alpha value is -4.25. The fourth-order valence-electron chi connectivity index (χ4n) is 5.93. The molecule has 1 aliphatic carbocycles. The van der Waals surface area contributed by atoms with Gasteiger partial charge in [-0.1, -0.05) is 31.4 Å². The Bertz CT molecular complexity index is 1610. The summed E-state index contributed by atoms with van der Waals surface area (Å²) in [5.74, 6) is -0.238. The first kappa shape index (κ1) is 31.2. The minimum absolute atomic E-state index is 0.128. The van der Waals surface area contributed by atoms with Gasteiger partial charge in [-0.3, -0.25) is 19.5 Å². The van der Waals surface area contributed by atoms with Crippen molar-refractivity contribution in [2.45, 2.75) is 56.8 Å². The summed E-state index contributed by atoms with van der Waals surface area (Å²) in [6.45, 7) is 6.00. The standard InChI is InChI=1S/C33H39N5O5S/c1-3-35-31-29(24-9-6-5-7-10-24)11-8-12-30(31)44(41,42)36-27-15-13-25(14-16-27)32(39)38-19-17-37(18-20-38)28-21-26(22-34-23-28)33(40)43-4-2/h3,8,11-16,21-24,36H,4-7,9-10,17-20H2,1-2H3. The van der Waals surface area contributed by atoms with Gasteiger partial charge in [0.25, 0.3) is 15.9 Å². The third-order valence-corrected chi connectivity index (χ3v) is 9.59. The number of carbonyl (C=O) groups is 2. The normalized spacial score (nSPS) is 16.2. The highest BCUT2D eigenvalue weighted by Crippen LogP contribution is 2.40. The van der Waals surface area contributed by atoms with Gasteiger partial charge in [0.2, 0.25) is 0 Å². The molecule has 3 aromatic rings. The number of amides is 1. The number of nitrogens with zero attached hydrogens (tertiary/aromatic N) is 4. The number of aromatic nitrogens is 1. The Morgan fingerprint density at radius 2 is 1.73 bits per heavy atom. The molecule has 2 aromatic carbocycles.